The molecule has 1 aromatic heterocycles. The lowest BCUT2D eigenvalue weighted by molar-refractivity contribution is -0.129. The number of aromatic nitrogens is 2. The number of carbonyl (C=O) groups excluding carboxylic acids is 2. The van der Waals surface area contributed by atoms with Crippen LogP contribution in [0.15, 0.2) is 54.6 Å². The van der Waals surface area contributed by atoms with Crippen LogP contribution >= 0.6 is 23.2 Å². The minimum Gasteiger partial charge on any atom is -0.465 e. The van der Waals surface area contributed by atoms with E-state index in [1.54, 1.807) is 24.3 Å². The summed E-state index contributed by atoms with van der Waals surface area (Å²) in [7, 11) is 1.36. The Kier molecular flexibility index (Phi) is 5.78. The molecule has 1 saturated heterocycles. The standard InChI is InChI=1S/C32H27Cl2FN4O3/c1-42-30(40)17-8-10-22-24(11-17)38-15-25-26(29(38)36-22)27(20-3-2-4-21(34)28(20)35)32(39(25)14-16-5-6-16)13-18-7-9-19(33)12-23(18)37-31(32)41/h2-4,7-12,16,25-27H,5-6,13-15H2,1H3,(H,37,41)/t25-,26+,27-,32+/m0/s1. The maximum absolute atomic E-state index is 16.1. The zero-order valence-electron chi connectivity index (χ0n) is 22.7. The Balaban J connectivity index is 1.36. The van der Waals surface area contributed by atoms with E-state index >= 15 is 4.39 Å². The van der Waals surface area contributed by atoms with E-state index in [0.717, 1.165) is 41.8 Å². The third-order valence-electron chi connectivity index (χ3n) is 9.71. The number of ether oxygens (including phenoxy) is 1. The molecule has 1 spiro atoms. The number of fused-ring (bicyclic) bond motifs is 6. The molecule has 1 saturated carbocycles. The second kappa shape index (κ2) is 9.27. The molecule has 2 fully saturated rings. The van der Waals surface area contributed by atoms with Crippen molar-refractivity contribution in [3.05, 3.63) is 93.0 Å². The van der Waals surface area contributed by atoms with Gasteiger partial charge in [0.2, 0.25) is 5.91 Å². The Morgan fingerprint density at radius 1 is 1.17 bits per heavy atom. The fraction of sp³-hybridized carbons (Fsp3) is 0.344. The van der Waals surface area contributed by atoms with Gasteiger partial charge in [-0.25, -0.2) is 14.2 Å². The van der Waals surface area contributed by atoms with Crippen molar-refractivity contribution in [1.82, 2.24) is 14.5 Å². The Bertz CT molecular complexity index is 1820. The third-order valence-corrected chi connectivity index (χ3v) is 10.2. The zero-order valence-corrected chi connectivity index (χ0v) is 24.3. The topological polar surface area (TPSA) is 76.5 Å². The first kappa shape index (κ1) is 26.2. The van der Waals surface area contributed by atoms with Crippen molar-refractivity contribution in [3.8, 4) is 0 Å². The van der Waals surface area contributed by atoms with E-state index < -0.39 is 23.2 Å². The molecule has 0 radical (unpaired) electrons. The minimum atomic E-state index is -1.06. The second-order valence-corrected chi connectivity index (χ2v) is 12.8. The average Bonchev–Trinajstić information content (AvgIpc) is 3.57. The molecule has 4 aromatic rings. The Morgan fingerprint density at radius 2 is 2.00 bits per heavy atom. The smallest absolute Gasteiger partial charge is 0.337 e. The Morgan fingerprint density at radius 3 is 2.79 bits per heavy atom. The normalized spacial score (nSPS) is 26.3. The molecule has 4 heterocycles. The van der Waals surface area contributed by atoms with Gasteiger partial charge in [0.1, 0.15) is 17.2 Å². The van der Waals surface area contributed by atoms with Crippen molar-refractivity contribution < 1.29 is 18.7 Å². The molecule has 7 nitrogen and oxygen atoms in total. The maximum atomic E-state index is 16.1. The summed E-state index contributed by atoms with van der Waals surface area (Å²) in [6, 6.07) is 15.8. The number of esters is 1. The lowest BCUT2D eigenvalue weighted by Crippen LogP contribution is -2.61. The van der Waals surface area contributed by atoms with Gasteiger partial charge in [-0.2, -0.15) is 0 Å². The highest BCUT2D eigenvalue weighted by Crippen LogP contribution is 2.61. The van der Waals surface area contributed by atoms with Crippen LogP contribution in [-0.4, -0.2) is 51.6 Å². The van der Waals surface area contributed by atoms with Crippen molar-refractivity contribution in [1.29, 1.82) is 0 Å². The van der Waals surface area contributed by atoms with Crippen LogP contribution in [0.5, 0.6) is 0 Å². The van der Waals surface area contributed by atoms with E-state index in [4.69, 9.17) is 32.9 Å². The fourth-order valence-electron chi connectivity index (χ4n) is 7.73. The summed E-state index contributed by atoms with van der Waals surface area (Å²) < 4.78 is 23.2. The van der Waals surface area contributed by atoms with Crippen LogP contribution in [-0.2, 0) is 22.5 Å². The predicted octanol–water partition coefficient (Wildman–Crippen LogP) is 6.18. The first-order valence-electron chi connectivity index (χ1n) is 14.2. The summed E-state index contributed by atoms with van der Waals surface area (Å²) in [6.07, 6.45) is 2.61. The monoisotopic (exact) mass is 604 g/mol. The van der Waals surface area contributed by atoms with Gasteiger partial charge < -0.3 is 14.6 Å². The summed E-state index contributed by atoms with van der Waals surface area (Å²) in [6.45, 7) is 1.29. The highest BCUT2D eigenvalue weighted by atomic mass is 35.5. The van der Waals surface area contributed by atoms with E-state index in [0.29, 0.717) is 40.7 Å². The lowest BCUT2D eigenvalue weighted by atomic mass is 9.69. The molecule has 8 rings (SSSR count). The highest BCUT2D eigenvalue weighted by molar-refractivity contribution is 6.31. The summed E-state index contributed by atoms with van der Waals surface area (Å²) in [5.74, 6) is -0.682. The van der Waals surface area contributed by atoms with Crippen LogP contribution in [0, 0.1) is 11.7 Å². The molecule has 1 amide bonds. The van der Waals surface area contributed by atoms with E-state index in [9.17, 15) is 9.59 Å². The van der Waals surface area contributed by atoms with Gasteiger partial charge >= 0.3 is 5.97 Å². The van der Waals surface area contributed by atoms with E-state index in [2.05, 4.69) is 14.8 Å². The van der Waals surface area contributed by atoms with Gasteiger partial charge in [-0.05, 0) is 66.3 Å². The van der Waals surface area contributed by atoms with Crippen molar-refractivity contribution in [3.63, 3.8) is 0 Å². The van der Waals surface area contributed by atoms with Crippen LogP contribution in [0.1, 0.15) is 52.0 Å². The SMILES string of the molecule is COC(=O)c1ccc2nc3n(c2c1)C[C@H]1[C@@H]3[C@H](c2cccc(Cl)c2F)[C@@]2(Cc3ccc(Cl)cc3NC2=O)N1CC1CC1. The number of carbonyl (C=O) groups is 2. The van der Waals surface area contributed by atoms with Gasteiger partial charge in [0.25, 0.3) is 0 Å². The highest BCUT2D eigenvalue weighted by Gasteiger charge is 2.67. The number of nitrogens with zero attached hydrogens (tertiary/aromatic N) is 3. The van der Waals surface area contributed by atoms with Crippen molar-refractivity contribution in [2.24, 2.45) is 5.92 Å². The largest absolute Gasteiger partial charge is 0.465 e. The Hall–Kier alpha value is -3.46. The van der Waals surface area contributed by atoms with E-state index in [1.807, 2.05) is 24.3 Å². The molecular weight excluding hydrogens is 578 g/mol. The number of anilines is 1. The van der Waals surface area contributed by atoms with Crippen LogP contribution in [0.4, 0.5) is 10.1 Å². The number of halogens is 3. The third kappa shape index (κ3) is 3.64. The molecule has 3 aromatic carbocycles. The number of methoxy groups -OCH3 is 1. The number of nitrogens with one attached hydrogen (secondary N) is 1. The fourth-order valence-corrected chi connectivity index (χ4v) is 8.09. The van der Waals surface area contributed by atoms with Gasteiger partial charge in [0.15, 0.2) is 0 Å². The van der Waals surface area contributed by atoms with Crippen molar-refractivity contribution in [2.75, 3.05) is 19.0 Å². The molecule has 0 unspecified atom stereocenters. The molecule has 10 heteroatoms. The summed E-state index contributed by atoms with van der Waals surface area (Å²) in [5, 5.41) is 3.73. The number of benzene rings is 3. The molecule has 4 aliphatic rings. The zero-order chi connectivity index (χ0) is 28.9. The summed E-state index contributed by atoms with van der Waals surface area (Å²) >= 11 is 12.7. The van der Waals surface area contributed by atoms with Crippen LogP contribution in [0.25, 0.3) is 11.0 Å². The molecule has 42 heavy (non-hydrogen) atoms. The molecule has 214 valence electrons. The lowest BCUT2D eigenvalue weighted by Gasteiger charge is -2.46. The van der Waals surface area contributed by atoms with E-state index in [-0.39, 0.29) is 22.9 Å². The Labute approximate surface area is 251 Å². The van der Waals surface area contributed by atoms with E-state index in [1.165, 1.54) is 13.2 Å². The number of rotatable bonds is 4. The first-order valence-corrected chi connectivity index (χ1v) is 14.9. The summed E-state index contributed by atoms with van der Waals surface area (Å²) in [5.41, 5.74) is 3.00. The summed E-state index contributed by atoms with van der Waals surface area (Å²) in [4.78, 5) is 34.3. The average molecular weight is 605 g/mol. The minimum absolute atomic E-state index is 0.0254. The number of hydrogen-bond acceptors (Lipinski definition) is 5. The number of hydrogen-bond donors (Lipinski definition) is 1. The number of likely N-dealkylation sites (tertiary alicyclic amines) is 1. The molecule has 0 bridgehead atoms. The predicted molar refractivity (Wildman–Crippen MR) is 158 cm³/mol. The van der Waals surface area contributed by atoms with Gasteiger partial charge in [0.05, 0.1) is 28.7 Å². The van der Waals surface area contributed by atoms with Gasteiger partial charge in [-0.1, -0.05) is 41.4 Å². The van der Waals surface area contributed by atoms with Crippen LogP contribution in [0.2, 0.25) is 10.0 Å². The van der Waals surface area contributed by atoms with Crippen molar-refractivity contribution >= 4 is 51.8 Å². The molecular formula is C32H27Cl2FN4O3. The van der Waals surface area contributed by atoms with Crippen molar-refractivity contribution in [2.45, 2.75) is 49.2 Å². The van der Waals surface area contributed by atoms with Gasteiger partial charge in [-0.15, -0.1) is 0 Å². The quantitative estimate of drug-likeness (QED) is 0.282. The van der Waals surface area contributed by atoms with Crippen LogP contribution < -0.4 is 5.32 Å². The molecule has 1 aliphatic carbocycles. The first-order chi connectivity index (χ1) is 20.3. The second-order valence-electron chi connectivity index (χ2n) is 11.9. The molecule has 3 aliphatic heterocycles. The molecule has 1 N–H and O–H groups in total. The molecule has 4 atom stereocenters. The number of imidazole rings is 1. The maximum Gasteiger partial charge on any atom is 0.337 e. The van der Waals surface area contributed by atoms with Gasteiger partial charge in [0, 0.05) is 48.1 Å². The number of amides is 1. The van der Waals surface area contributed by atoms with Crippen LogP contribution in [0.3, 0.4) is 0 Å². The van der Waals surface area contributed by atoms with Gasteiger partial charge in [-0.3, -0.25) is 9.69 Å².